The van der Waals surface area contributed by atoms with Crippen molar-refractivity contribution in [3.05, 3.63) is 34.3 Å². The Balaban J connectivity index is 0.00000120. The Labute approximate surface area is 110 Å². The number of thiazole rings is 1. The zero-order chi connectivity index (χ0) is 11.8. The maximum absolute atomic E-state index is 5.37. The van der Waals surface area contributed by atoms with Gasteiger partial charge >= 0.3 is 0 Å². The van der Waals surface area contributed by atoms with E-state index in [1.54, 1.807) is 31.1 Å². The summed E-state index contributed by atoms with van der Waals surface area (Å²) in [6.07, 6.45) is 1.82. The molecule has 0 saturated heterocycles. The fraction of sp³-hybridized carbons (Fsp3) is 0.231. The average Bonchev–Trinajstić information content (AvgIpc) is 2.83. The van der Waals surface area contributed by atoms with Crippen LogP contribution in [0.4, 0.5) is 5.69 Å². The maximum Gasteiger partial charge on any atom is 0.134 e. The average molecular weight is 262 g/mol. The van der Waals surface area contributed by atoms with Gasteiger partial charge in [-0.15, -0.1) is 11.3 Å². The van der Waals surface area contributed by atoms with Gasteiger partial charge in [-0.2, -0.15) is 0 Å². The van der Waals surface area contributed by atoms with Crippen LogP contribution in [0.2, 0.25) is 0 Å². The topological polar surface area (TPSA) is 43.7 Å². The zero-order valence-electron chi connectivity index (χ0n) is 9.43. The zero-order valence-corrected chi connectivity index (χ0v) is 10.2. The van der Waals surface area contributed by atoms with E-state index in [-0.39, 0.29) is 7.43 Å². The van der Waals surface area contributed by atoms with Crippen LogP contribution in [0.1, 0.15) is 17.9 Å². The Bertz CT molecular complexity index is 591. The molecular formula is C13H14N2O2S. The second-order valence-electron chi connectivity index (χ2n) is 3.55. The van der Waals surface area contributed by atoms with Gasteiger partial charge in [-0.1, -0.05) is 7.43 Å². The molecule has 2 aromatic rings. The summed E-state index contributed by atoms with van der Waals surface area (Å²) in [4.78, 5) is 9.59. The van der Waals surface area contributed by atoms with Gasteiger partial charge in [-0.3, -0.25) is 4.98 Å². The molecule has 1 aromatic heterocycles. The lowest BCUT2D eigenvalue weighted by Gasteiger charge is -2.21. The van der Waals surface area contributed by atoms with Crippen molar-refractivity contribution in [3.63, 3.8) is 0 Å². The van der Waals surface area contributed by atoms with E-state index in [1.807, 2.05) is 18.3 Å². The Morgan fingerprint density at radius 3 is 2.61 bits per heavy atom. The van der Waals surface area contributed by atoms with Crippen LogP contribution in [0.15, 0.2) is 28.8 Å². The van der Waals surface area contributed by atoms with E-state index in [1.165, 1.54) is 0 Å². The third kappa shape index (κ3) is 1.76. The molecule has 18 heavy (non-hydrogen) atoms. The van der Waals surface area contributed by atoms with Gasteiger partial charge in [0.2, 0.25) is 0 Å². The summed E-state index contributed by atoms with van der Waals surface area (Å²) < 4.78 is 10.6. The molecule has 5 heteroatoms. The predicted octanol–water partition coefficient (Wildman–Crippen LogP) is 3.28. The highest BCUT2D eigenvalue weighted by Gasteiger charge is 2.26. The Hall–Kier alpha value is -1.88. The molecule has 0 radical (unpaired) electrons. The third-order valence-corrected chi connectivity index (χ3v) is 3.43. The van der Waals surface area contributed by atoms with E-state index >= 15 is 0 Å². The van der Waals surface area contributed by atoms with Gasteiger partial charge in [-0.25, -0.2) is 4.99 Å². The van der Waals surface area contributed by atoms with Gasteiger partial charge in [-0.05, 0) is 0 Å². The molecule has 3 rings (SSSR count). The van der Waals surface area contributed by atoms with Crippen LogP contribution < -0.4 is 9.47 Å². The minimum absolute atomic E-state index is 0. The fourth-order valence-electron chi connectivity index (χ4n) is 1.82. The molecule has 94 valence electrons. The number of rotatable bonds is 3. The van der Waals surface area contributed by atoms with Crippen LogP contribution in [0.25, 0.3) is 0 Å². The van der Waals surface area contributed by atoms with Gasteiger partial charge in [0, 0.05) is 18.3 Å². The van der Waals surface area contributed by atoms with Crippen LogP contribution in [0, 0.1) is 0 Å². The van der Waals surface area contributed by atoms with E-state index in [4.69, 9.17) is 9.47 Å². The summed E-state index contributed by atoms with van der Waals surface area (Å²) in [6.45, 7) is 0. The summed E-state index contributed by atoms with van der Waals surface area (Å²) in [7, 11) is 3.28. The minimum Gasteiger partial charge on any atom is -0.497 e. The quantitative estimate of drug-likeness (QED) is 0.727. The summed E-state index contributed by atoms with van der Waals surface area (Å²) in [5, 5.41) is 0. The Kier molecular flexibility index (Phi) is 3.34. The van der Waals surface area contributed by atoms with Crippen LogP contribution in [-0.4, -0.2) is 24.9 Å². The van der Waals surface area contributed by atoms with Crippen molar-refractivity contribution in [1.29, 1.82) is 0 Å². The molecule has 0 spiro atoms. The molecule has 0 bridgehead atoms. The highest BCUT2D eigenvalue weighted by molar-refractivity contribution is 7.12. The van der Waals surface area contributed by atoms with E-state index in [2.05, 4.69) is 9.98 Å². The smallest absolute Gasteiger partial charge is 0.134 e. The van der Waals surface area contributed by atoms with E-state index in [0.717, 1.165) is 33.3 Å². The molecule has 4 nitrogen and oxygen atoms in total. The van der Waals surface area contributed by atoms with Gasteiger partial charge in [0.25, 0.3) is 0 Å². The molecule has 1 aliphatic heterocycles. The number of benzene rings is 1. The standard InChI is InChI=1S/C12H10N2O2S.CH4/c1-15-7-3-8-11(9(4-7)16-2)12(14-8)10-5-13-6-17-10;/h3-6H,1-2H3;1H4. The van der Waals surface area contributed by atoms with Crippen molar-refractivity contribution in [2.75, 3.05) is 14.2 Å². The molecule has 1 aliphatic rings. The summed E-state index contributed by atoms with van der Waals surface area (Å²) in [5.74, 6) is 1.55. The lowest BCUT2D eigenvalue weighted by atomic mass is 9.99. The molecule has 0 atom stereocenters. The first kappa shape index (κ1) is 12.6. The van der Waals surface area contributed by atoms with Crippen LogP contribution in [-0.2, 0) is 0 Å². The number of fused-ring (bicyclic) bond motifs is 1. The van der Waals surface area contributed by atoms with Gasteiger partial charge in [0.05, 0.1) is 41.6 Å². The first-order valence-electron chi connectivity index (χ1n) is 5.07. The van der Waals surface area contributed by atoms with Crippen LogP contribution in [0.3, 0.4) is 0 Å². The molecular weight excluding hydrogens is 248 g/mol. The maximum atomic E-state index is 5.37. The second-order valence-corrected chi connectivity index (χ2v) is 4.44. The second kappa shape index (κ2) is 4.78. The number of nitrogens with zero attached hydrogens (tertiary/aromatic N) is 2. The normalized spacial score (nSPS) is 11.8. The van der Waals surface area contributed by atoms with E-state index in [9.17, 15) is 0 Å². The highest BCUT2D eigenvalue weighted by Crippen LogP contribution is 2.43. The summed E-state index contributed by atoms with van der Waals surface area (Å²) in [5.41, 5.74) is 4.69. The lowest BCUT2D eigenvalue weighted by molar-refractivity contribution is 0.393. The van der Waals surface area contributed by atoms with Crippen molar-refractivity contribution in [2.24, 2.45) is 4.99 Å². The lowest BCUT2D eigenvalue weighted by Crippen LogP contribution is -2.11. The fourth-order valence-corrected chi connectivity index (χ4v) is 2.43. The molecule has 0 aliphatic carbocycles. The first-order chi connectivity index (χ1) is 8.33. The first-order valence-corrected chi connectivity index (χ1v) is 5.95. The Morgan fingerprint density at radius 1 is 1.17 bits per heavy atom. The molecule has 0 fully saturated rings. The van der Waals surface area contributed by atoms with Gasteiger partial charge < -0.3 is 9.47 Å². The molecule has 0 saturated carbocycles. The van der Waals surface area contributed by atoms with Crippen molar-refractivity contribution in [2.45, 2.75) is 7.43 Å². The number of aliphatic imine (C=N–C) groups is 1. The van der Waals surface area contributed by atoms with Crippen molar-refractivity contribution in [3.8, 4) is 11.5 Å². The Morgan fingerprint density at radius 2 is 2.00 bits per heavy atom. The molecule has 1 aromatic carbocycles. The molecule has 0 N–H and O–H groups in total. The number of hydrogen-bond acceptors (Lipinski definition) is 5. The number of methoxy groups -OCH3 is 2. The van der Waals surface area contributed by atoms with Crippen molar-refractivity contribution in [1.82, 2.24) is 4.98 Å². The SMILES string of the molecule is C.COc1cc2c(c(OC)c1)C(c1cncs1)=N2. The number of ether oxygens (including phenoxy) is 2. The molecule has 0 amide bonds. The van der Waals surface area contributed by atoms with E-state index < -0.39 is 0 Å². The third-order valence-electron chi connectivity index (χ3n) is 2.65. The summed E-state index contributed by atoms with van der Waals surface area (Å²) >= 11 is 1.57. The highest BCUT2D eigenvalue weighted by atomic mass is 32.1. The predicted molar refractivity (Wildman–Crippen MR) is 73.7 cm³/mol. The van der Waals surface area contributed by atoms with Crippen LogP contribution >= 0.6 is 11.3 Å². The molecule has 2 heterocycles. The number of hydrogen-bond donors (Lipinski definition) is 0. The minimum atomic E-state index is 0. The van der Waals surface area contributed by atoms with Crippen molar-refractivity contribution < 1.29 is 9.47 Å². The summed E-state index contributed by atoms with van der Waals surface area (Å²) in [6, 6.07) is 3.77. The monoisotopic (exact) mass is 262 g/mol. The van der Waals surface area contributed by atoms with Gasteiger partial charge in [0.1, 0.15) is 11.5 Å². The van der Waals surface area contributed by atoms with Crippen LogP contribution in [0.5, 0.6) is 11.5 Å². The van der Waals surface area contributed by atoms with Gasteiger partial charge in [0.15, 0.2) is 0 Å². The number of aromatic nitrogens is 1. The van der Waals surface area contributed by atoms with E-state index in [0.29, 0.717) is 0 Å². The van der Waals surface area contributed by atoms with Crippen molar-refractivity contribution >= 4 is 22.7 Å². The largest absolute Gasteiger partial charge is 0.497 e. The molecule has 0 unspecified atom stereocenters.